The molecule has 5 heteroatoms. The number of rotatable bonds is 6. The molecule has 2 aliphatic carbocycles. The van der Waals surface area contributed by atoms with E-state index in [9.17, 15) is 9.90 Å². The number of carbonyl (C=O) groups is 1. The van der Waals surface area contributed by atoms with Crippen molar-refractivity contribution < 1.29 is 14.6 Å². The van der Waals surface area contributed by atoms with Crippen LogP contribution < -0.4 is 10.1 Å². The average Bonchev–Trinajstić information content (AvgIpc) is 3.24. The molecule has 2 fully saturated rings. The van der Waals surface area contributed by atoms with Gasteiger partial charge in [0, 0.05) is 18.8 Å². The van der Waals surface area contributed by atoms with Crippen molar-refractivity contribution in [2.75, 3.05) is 6.61 Å². The van der Waals surface area contributed by atoms with Crippen LogP contribution in [0.2, 0.25) is 0 Å². The van der Waals surface area contributed by atoms with Crippen molar-refractivity contribution in [2.24, 2.45) is 11.8 Å². The zero-order valence-corrected chi connectivity index (χ0v) is 12.1. The van der Waals surface area contributed by atoms with Crippen molar-refractivity contribution in [3.05, 3.63) is 23.9 Å². The predicted molar refractivity (Wildman–Crippen MR) is 77.7 cm³/mol. The molecule has 21 heavy (non-hydrogen) atoms. The molecular formula is C16H22N2O3. The van der Waals surface area contributed by atoms with Gasteiger partial charge in [0.15, 0.2) is 0 Å². The lowest BCUT2D eigenvalue weighted by molar-refractivity contribution is -0.127. The topological polar surface area (TPSA) is 71.5 Å². The Morgan fingerprint density at radius 1 is 1.33 bits per heavy atom. The highest BCUT2D eigenvalue weighted by molar-refractivity contribution is 5.79. The van der Waals surface area contributed by atoms with Gasteiger partial charge in [-0.15, -0.1) is 0 Å². The molecule has 0 saturated heterocycles. The van der Waals surface area contributed by atoms with E-state index >= 15 is 0 Å². The van der Waals surface area contributed by atoms with E-state index in [0.717, 1.165) is 31.4 Å². The van der Waals surface area contributed by atoms with Gasteiger partial charge in [0.25, 0.3) is 0 Å². The maximum absolute atomic E-state index is 12.0. The lowest BCUT2D eigenvalue weighted by Crippen LogP contribution is -2.34. The molecule has 0 radical (unpaired) electrons. The zero-order valence-electron chi connectivity index (χ0n) is 12.1. The molecule has 3 rings (SSSR count). The SMILES string of the molecule is O=C(NCc1ccc(OCC2CC2)nc1)C1CCCC1O. The van der Waals surface area contributed by atoms with Crippen LogP contribution in [0.15, 0.2) is 18.3 Å². The van der Waals surface area contributed by atoms with Gasteiger partial charge in [-0.1, -0.05) is 6.07 Å². The summed E-state index contributed by atoms with van der Waals surface area (Å²) in [6, 6.07) is 3.76. The number of nitrogens with one attached hydrogen (secondary N) is 1. The third-order valence-electron chi connectivity index (χ3n) is 4.24. The van der Waals surface area contributed by atoms with Crippen LogP contribution in [0.4, 0.5) is 0 Å². The van der Waals surface area contributed by atoms with Crippen LogP contribution in [0.25, 0.3) is 0 Å². The Balaban J connectivity index is 1.44. The smallest absolute Gasteiger partial charge is 0.225 e. The number of nitrogens with zero attached hydrogens (tertiary/aromatic N) is 1. The summed E-state index contributed by atoms with van der Waals surface area (Å²) in [5, 5.41) is 12.6. The first-order valence-electron chi connectivity index (χ1n) is 7.76. The number of pyridine rings is 1. The minimum Gasteiger partial charge on any atom is -0.477 e. The van der Waals surface area contributed by atoms with E-state index in [4.69, 9.17) is 4.74 Å². The molecule has 2 aliphatic rings. The summed E-state index contributed by atoms with van der Waals surface area (Å²) in [7, 11) is 0. The van der Waals surface area contributed by atoms with Crippen LogP contribution in [0.3, 0.4) is 0 Å². The molecule has 2 saturated carbocycles. The Bertz CT molecular complexity index is 485. The van der Waals surface area contributed by atoms with Gasteiger partial charge in [-0.3, -0.25) is 4.79 Å². The molecule has 2 unspecified atom stereocenters. The fourth-order valence-electron chi connectivity index (χ4n) is 2.66. The Hall–Kier alpha value is -1.62. The van der Waals surface area contributed by atoms with E-state index in [0.29, 0.717) is 18.3 Å². The molecule has 0 bridgehead atoms. The van der Waals surface area contributed by atoms with Crippen molar-refractivity contribution in [3.63, 3.8) is 0 Å². The first-order valence-corrected chi connectivity index (χ1v) is 7.76. The summed E-state index contributed by atoms with van der Waals surface area (Å²) >= 11 is 0. The summed E-state index contributed by atoms with van der Waals surface area (Å²) in [6.07, 6.45) is 6.20. The third-order valence-corrected chi connectivity index (χ3v) is 4.24. The van der Waals surface area contributed by atoms with Crippen molar-refractivity contribution >= 4 is 5.91 Å². The number of amides is 1. The van der Waals surface area contributed by atoms with Crippen LogP contribution in [0.5, 0.6) is 5.88 Å². The number of hydrogen-bond donors (Lipinski definition) is 2. The minimum atomic E-state index is -0.485. The number of hydrogen-bond acceptors (Lipinski definition) is 4. The van der Waals surface area contributed by atoms with E-state index in [-0.39, 0.29) is 11.8 Å². The minimum absolute atomic E-state index is 0.0611. The van der Waals surface area contributed by atoms with Crippen LogP contribution in [-0.2, 0) is 11.3 Å². The van der Waals surface area contributed by atoms with Gasteiger partial charge in [-0.05, 0) is 43.6 Å². The van der Waals surface area contributed by atoms with Gasteiger partial charge < -0.3 is 15.2 Å². The van der Waals surface area contributed by atoms with Gasteiger partial charge >= 0.3 is 0 Å². The second-order valence-corrected chi connectivity index (χ2v) is 6.08. The largest absolute Gasteiger partial charge is 0.477 e. The molecule has 0 aliphatic heterocycles. The lowest BCUT2D eigenvalue weighted by atomic mass is 10.1. The standard InChI is InChI=1S/C16H22N2O3/c19-14-3-1-2-13(14)16(20)18-9-12-6-7-15(17-8-12)21-10-11-4-5-11/h6-8,11,13-14,19H,1-5,9-10H2,(H,18,20). The highest BCUT2D eigenvalue weighted by Gasteiger charge is 2.31. The second-order valence-electron chi connectivity index (χ2n) is 6.08. The van der Waals surface area contributed by atoms with E-state index in [1.165, 1.54) is 12.8 Å². The van der Waals surface area contributed by atoms with Crippen molar-refractivity contribution in [2.45, 2.75) is 44.8 Å². The van der Waals surface area contributed by atoms with Gasteiger partial charge in [0.05, 0.1) is 18.6 Å². The van der Waals surface area contributed by atoms with Gasteiger partial charge in [0.2, 0.25) is 11.8 Å². The number of aliphatic hydroxyl groups is 1. The molecule has 1 aromatic rings. The van der Waals surface area contributed by atoms with Gasteiger partial charge in [0.1, 0.15) is 0 Å². The maximum Gasteiger partial charge on any atom is 0.225 e. The zero-order chi connectivity index (χ0) is 14.7. The normalized spacial score (nSPS) is 24.8. The molecule has 1 aromatic heterocycles. The Labute approximate surface area is 124 Å². The van der Waals surface area contributed by atoms with Crippen LogP contribution in [-0.4, -0.2) is 28.7 Å². The average molecular weight is 290 g/mol. The number of carbonyl (C=O) groups excluding carboxylic acids is 1. The van der Waals surface area contributed by atoms with E-state index < -0.39 is 6.10 Å². The van der Waals surface area contributed by atoms with Crippen LogP contribution in [0.1, 0.15) is 37.7 Å². The van der Waals surface area contributed by atoms with Gasteiger partial charge in [-0.25, -0.2) is 4.98 Å². The molecule has 0 aromatic carbocycles. The lowest BCUT2D eigenvalue weighted by Gasteiger charge is -2.14. The molecule has 114 valence electrons. The van der Waals surface area contributed by atoms with Crippen LogP contribution >= 0.6 is 0 Å². The van der Waals surface area contributed by atoms with Crippen molar-refractivity contribution in [1.29, 1.82) is 0 Å². The number of ether oxygens (including phenoxy) is 1. The molecule has 5 nitrogen and oxygen atoms in total. The van der Waals surface area contributed by atoms with E-state index in [2.05, 4.69) is 10.3 Å². The molecular weight excluding hydrogens is 268 g/mol. The summed E-state index contributed by atoms with van der Waals surface area (Å²) in [4.78, 5) is 16.2. The summed E-state index contributed by atoms with van der Waals surface area (Å²) in [5.41, 5.74) is 0.939. The first-order chi connectivity index (χ1) is 10.2. The fourth-order valence-corrected chi connectivity index (χ4v) is 2.66. The monoisotopic (exact) mass is 290 g/mol. The highest BCUT2D eigenvalue weighted by Crippen LogP contribution is 2.29. The van der Waals surface area contributed by atoms with Crippen molar-refractivity contribution in [3.8, 4) is 5.88 Å². The Kier molecular flexibility index (Phi) is 4.39. The van der Waals surface area contributed by atoms with Gasteiger partial charge in [-0.2, -0.15) is 0 Å². The molecule has 2 N–H and O–H groups in total. The Morgan fingerprint density at radius 3 is 2.81 bits per heavy atom. The summed E-state index contributed by atoms with van der Waals surface area (Å²) < 4.78 is 5.57. The second kappa shape index (κ2) is 6.43. The molecule has 1 heterocycles. The third kappa shape index (κ3) is 3.94. The van der Waals surface area contributed by atoms with E-state index in [1.54, 1.807) is 6.20 Å². The molecule has 1 amide bonds. The first kappa shape index (κ1) is 14.3. The highest BCUT2D eigenvalue weighted by atomic mass is 16.5. The quantitative estimate of drug-likeness (QED) is 0.835. The number of aromatic nitrogens is 1. The molecule has 0 spiro atoms. The predicted octanol–water partition coefficient (Wildman–Crippen LogP) is 1.65. The number of aliphatic hydroxyl groups excluding tert-OH is 1. The fraction of sp³-hybridized carbons (Fsp3) is 0.625. The summed E-state index contributed by atoms with van der Waals surface area (Å²) in [5.74, 6) is 1.04. The maximum atomic E-state index is 12.0. The van der Waals surface area contributed by atoms with Crippen LogP contribution in [0, 0.1) is 11.8 Å². The van der Waals surface area contributed by atoms with Crippen molar-refractivity contribution in [1.82, 2.24) is 10.3 Å². The molecule has 2 atom stereocenters. The Morgan fingerprint density at radius 2 is 2.19 bits per heavy atom. The van der Waals surface area contributed by atoms with E-state index in [1.807, 2.05) is 12.1 Å². The summed E-state index contributed by atoms with van der Waals surface area (Å²) in [6.45, 7) is 1.20.